The van der Waals surface area contributed by atoms with Gasteiger partial charge in [-0.15, -0.1) is 0 Å². The first-order valence-electron chi connectivity index (χ1n) is 7.08. The first-order chi connectivity index (χ1) is 8.88. The Kier molecular flexibility index (Phi) is 5.46. The standard InChI is InChI=1S/C15H24N2O/c1-18-15-9-8-14(12-17-15)11-16-10-4-7-13-5-2-3-6-13/h8-9,12-13,16H,2-7,10-11H2,1H3. The number of pyridine rings is 1. The van der Waals surface area contributed by atoms with Crippen molar-refractivity contribution in [3.63, 3.8) is 0 Å². The van der Waals surface area contributed by atoms with Crippen molar-refractivity contribution < 1.29 is 4.74 Å². The van der Waals surface area contributed by atoms with Crippen LogP contribution in [0, 0.1) is 5.92 Å². The molecule has 0 saturated heterocycles. The predicted octanol–water partition coefficient (Wildman–Crippen LogP) is 3.15. The second kappa shape index (κ2) is 7.37. The highest BCUT2D eigenvalue weighted by Gasteiger charge is 2.13. The summed E-state index contributed by atoms with van der Waals surface area (Å²) in [5.74, 6) is 1.69. The van der Waals surface area contributed by atoms with Crippen molar-refractivity contribution in [3.05, 3.63) is 23.9 Å². The molecule has 18 heavy (non-hydrogen) atoms. The molecule has 1 fully saturated rings. The van der Waals surface area contributed by atoms with Gasteiger partial charge in [-0.1, -0.05) is 31.7 Å². The highest BCUT2D eigenvalue weighted by atomic mass is 16.5. The van der Waals surface area contributed by atoms with Gasteiger partial charge in [0, 0.05) is 18.8 Å². The van der Waals surface area contributed by atoms with Crippen molar-refractivity contribution in [3.8, 4) is 5.88 Å². The Morgan fingerprint density at radius 3 is 2.83 bits per heavy atom. The molecule has 3 heteroatoms. The van der Waals surface area contributed by atoms with Crippen molar-refractivity contribution in [1.82, 2.24) is 10.3 Å². The van der Waals surface area contributed by atoms with Crippen LogP contribution >= 0.6 is 0 Å². The molecule has 1 saturated carbocycles. The zero-order chi connectivity index (χ0) is 12.6. The third-order valence-electron chi connectivity index (χ3n) is 3.78. The number of rotatable bonds is 7. The predicted molar refractivity (Wildman–Crippen MR) is 73.7 cm³/mol. The Balaban J connectivity index is 1.56. The fourth-order valence-corrected chi connectivity index (χ4v) is 2.68. The lowest BCUT2D eigenvalue weighted by atomic mass is 10.0. The van der Waals surface area contributed by atoms with E-state index in [2.05, 4.69) is 16.4 Å². The maximum atomic E-state index is 5.04. The summed E-state index contributed by atoms with van der Waals surface area (Å²) in [5.41, 5.74) is 1.22. The molecule has 1 aliphatic rings. The van der Waals surface area contributed by atoms with E-state index in [0.29, 0.717) is 5.88 Å². The van der Waals surface area contributed by atoms with Gasteiger partial charge in [-0.05, 0) is 30.9 Å². The van der Waals surface area contributed by atoms with E-state index in [-0.39, 0.29) is 0 Å². The van der Waals surface area contributed by atoms with Crippen molar-refractivity contribution >= 4 is 0 Å². The van der Waals surface area contributed by atoms with Gasteiger partial charge in [-0.3, -0.25) is 0 Å². The van der Waals surface area contributed by atoms with Crippen LogP contribution in [0.1, 0.15) is 44.1 Å². The summed E-state index contributed by atoms with van der Waals surface area (Å²) in [7, 11) is 1.64. The molecule has 0 radical (unpaired) electrons. The number of ether oxygens (including phenoxy) is 1. The van der Waals surface area contributed by atoms with Crippen molar-refractivity contribution in [1.29, 1.82) is 0 Å². The first kappa shape index (κ1) is 13.3. The van der Waals surface area contributed by atoms with E-state index in [0.717, 1.165) is 19.0 Å². The molecule has 1 N–H and O–H groups in total. The Hall–Kier alpha value is -1.09. The number of nitrogens with one attached hydrogen (secondary N) is 1. The quantitative estimate of drug-likeness (QED) is 0.753. The maximum Gasteiger partial charge on any atom is 0.212 e. The van der Waals surface area contributed by atoms with Gasteiger partial charge < -0.3 is 10.1 Å². The fourth-order valence-electron chi connectivity index (χ4n) is 2.68. The first-order valence-corrected chi connectivity index (χ1v) is 7.08. The zero-order valence-corrected chi connectivity index (χ0v) is 11.3. The monoisotopic (exact) mass is 248 g/mol. The lowest BCUT2D eigenvalue weighted by molar-refractivity contribution is 0.397. The summed E-state index contributed by atoms with van der Waals surface area (Å²) in [5, 5.41) is 3.48. The molecule has 1 heterocycles. The van der Waals surface area contributed by atoms with Crippen LogP contribution in [0.2, 0.25) is 0 Å². The van der Waals surface area contributed by atoms with Crippen molar-refractivity contribution in [2.24, 2.45) is 5.92 Å². The van der Waals surface area contributed by atoms with E-state index < -0.39 is 0 Å². The van der Waals surface area contributed by atoms with Crippen LogP contribution in [0.4, 0.5) is 0 Å². The van der Waals surface area contributed by atoms with Crippen LogP contribution < -0.4 is 10.1 Å². The van der Waals surface area contributed by atoms with Crippen LogP contribution in [0.25, 0.3) is 0 Å². The van der Waals surface area contributed by atoms with E-state index in [1.165, 1.54) is 44.1 Å². The van der Waals surface area contributed by atoms with Crippen LogP contribution in [0.3, 0.4) is 0 Å². The van der Waals surface area contributed by atoms with Crippen molar-refractivity contribution in [2.75, 3.05) is 13.7 Å². The van der Waals surface area contributed by atoms with Gasteiger partial charge >= 0.3 is 0 Å². The minimum absolute atomic E-state index is 0.681. The average Bonchev–Trinajstić information content (AvgIpc) is 2.92. The SMILES string of the molecule is COc1ccc(CNCCCC2CCCC2)cn1. The lowest BCUT2D eigenvalue weighted by Crippen LogP contribution is -2.15. The third kappa shape index (κ3) is 4.30. The molecule has 1 aromatic heterocycles. The second-order valence-electron chi connectivity index (χ2n) is 5.18. The summed E-state index contributed by atoms with van der Waals surface area (Å²) < 4.78 is 5.04. The average molecular weight is 248 g/mol. The van der Waals surface area contributed by atoms with Gasteiger partial charge in [0.25, 0.3) is 0 Å². The molecule has 0 unspecified atom stereocenters. The van der Waals surface area contributed by atoms with Crippen LogP contribution in [-0.2, 0) is 6.54 Å². The summed E-state index contributed by atoms with van der Waals surface area (Å²) in [6, 6.07) is 3.98. The molecule has 0 amide bonds. The van der Waals surface area contributed by atoms with Gasteiger partial charge in [0.1, 0.15) is 0 Å². The van der Waals surface area contributed by atoms with E-state index >= 15 is 0 Å². The lowest BCUT2D eigenvalue weighted by Gasteiger charge is -2.09. The fraction of sp³-hybridized carbons (Fsp3) is 0.667. The molecule has 3 nitrogen and oxygen atoms in total. The van der Waals surface area contributed by atoms with Crippen LogP contribution in [0.5, 0.6) is 5.88 Å². The Labute approximate surface area is 110 Å². The molecule has 1 aromatic rings. The normalized spacial score (nSPS) is 16.1. The second-order valence-corrected chi connectivity index (χ2v) is 5.18. The van der Waals surface area contributed by atoms with Gasteiger partial charge in [0.2, 0.25) is 5.88 Å². The summed E-state index contributed by atoms with van der Waals surface area (Å²) >= 11 is 0. The summed E-state index contributed by atoms with van der Waals surface area (Å²) in [6.45, 7) is 2.02. The number of hydrogen-bond acceptors (Lipinski definition) is 3. The zero-order valence-electron chi connectivity index (χ0n) is 11.3. The highest BCUT2D eigenvalue weighted by Crippen LogP contribution is 2.28. The molecular weight excluding hydrogens is 224 g/mol. The van der Waals surface area contributed by atoms with Gasteiger partial charge in [0.05, 0.1) is 7.11 Å². The van der Waals surface area contributed by atoms with Gasteiger partial charge in [0.15, 0.2) is 0 Å². The Morgan fingerprint density at radius 2 is 2.17 bits per heavy atom. The molecule has 0 aromatic carbocycles. The number of aromatic nitrogens is 1. The molecular formula is C15H24N2O. The molecule has 100 valence electrons. The largest absolute Gasteiger partial charge is 0.481 e. The summed E-state index contributed by atoms with van der Waals surface area (Å²) in [4.78, 5) is 4.20. The number of methoxy groups -OCH3 is 1. The van der Waals surface area contributed by atoms with E-state index in [1.54, 1.807) is 7.11 Å². The van der Waals surface area contributed by atoms with Gasteiger partial charge in [-0.2, -0.15) is 0 Å². The Morgan fingerprint density at radius 1 is 1.33 bits per heavy atom. The van der Waals surface area contributed by atoms with E-state index in [1.807, 2.05) is 12.3 Å². The smallest absolute Gasteiger partial charge is 0.212 e. The number of hydrogen-bond donors (Lipinski definition) is 1. The van der Waals surface area contributed by atoms with E-state index in [4.69, 9.17) is 4.74 Å². The topological polar surface area (TPSA) is 34.1 Å². The van der Waals surface area contributed by atoms with Crippen LogP contribution in [-0.4, -0.2) is 18.6 Å². The van der Waals surface area contributed by atoms with Gasteiger partial charge in [-0.25, -0.2) is 4.98 Å². The minimum Gasteiger partial charge on any atom is -0.481 e. The molecule has 2 rings (SSSR count). The van der Waals surface area contributed by atoms with Crippen molar-refractivity contribution in [2.45, 2.75) is 45.1 Å². The Bertz CT molecular complexity index is 331. The summed E-state index contributed by atoms with van der Waals surface area (Å²) in [6.07, 6.45) is 10.4. The molecule has 1 aliphatic carbocycles. The minimum atomic E-state index is 0.681. The molecule has 0 aliphatic heterocycles. The molecule has 0 bridgehead atoms. The molecule has 0 spiro atoms. The highest BCUT2D eigenvalue weighted by molar-refractivity contribution is 5.17. The maximum absolute atomic E-state index is 5.04. The third-order valence-corrected chi connectivity index (χ3v) is 3.78. The number of nitrogens with zero attached hydrogens (tertiary/aromatic N) is 1. The molecule has 0 atom stereocenters. The van der Waals surface area contributed by atoms with Crippen LogP contribution in [0.15, 0.2) is 18.3 Å². The van der Waals surface area contributed by atoms with E-state index in [9.17, 15) is 0 Å².